The lowest BCUT2D eigenvalue weighted by Gasteiger charge is -2.33. The number of carboxylic acids is 1. The fourth-order valence-corrected chi connectivity index (χ4v) is 3.35. The van der Waals surface area contributed by atoms with Crippen LogP contribution in [0.3, 0.4) is 0 Å². The Morgan fingerprint density at radius 2 is 1.65 bits per heavy atom. The van der Waals surface area contributed by atoms with E-state index < -0.39 is 35.0 Å². The lowest BCUT2D eigenvalue weighted by molar-refractivity contribution is -0.282. The van der Waals surface area contributed by atoms with E-state index in [4.69, 9.17) is 0 Å². The number of hydrogen-bond donors (Lipinski definition) is 1. The van der Waals surface area contributed by atoms with Crippen LogP contribution in [0.5, 0.6) is 0 Å². The van der Waals surface area contributed by atoms with E-state index in [0.717, 1.165) is 0 Å². The van der Waals surface area contributed by atoms with E-state index in [1.165, 1.54) is 0 Å². The number of carbonyl (C=O) groups is 1. The lowest BCUT2D eigenvalue weighted by atomic mass is 9.90. The number of halogens is 5. The molecular formula is C12H19F5O2S. The molecule has 0 fully saturated rings. The highest BCUT2D eigenvalue weighted by Crippen LogP contribution is 2.43. The van der Waals surface area contributed by atoms with E-state index in [-0.39, 0.29) is 12.3 Å². The van der Waals surface area contributed by atoms with Gasteiger partial charge in [-0.1, -0.05) is 27.2 Å². The maximum Gasteiger partial charge on any atom is 0.453 e. The first-order valence-corrected chi connectivity index (χ1v) is 7.21. The third-order valence-electron chi connectivity index (χ3n) is 3.11. The van der Waals surface area contributed by atoms with E-state index in [1.807, 2.05) is 0 Å². The summed E-state index contributed by atoms with van der Waals surface area (Å²) in [5, 5.41) is 9.28. The van der Waals surface area contributed by atoms with Gasteiger partial charge in [-0.3, -0.25) is 4.79 Å². The molecule has 0 saturated heterocycles. The van der Waals surface area contributed by atoms with Crippen LogP contribution in [0.4, 0.5) is 22.0 Å². The van der Waals surface area contributed by atoms with Crippen molar-refractivity contribution in [2.24, 2.45) is 5.92 Å². The third kappa shape index (κ3) is 4.49. The first kappa shape index (κ1) is 19.5. The SMILES string of the molecule is CCCC(SCCC(F)(F)C(F)(F)F)(C(=O)O)C(C)C. The summed E-state index contributed by atoms with van der Waals surface area (Å²) in [5.41, 5.74) is 0. The summed E-state index contributed by atoms with van der Waals surface area (Å²) in [4.78, 5) is 11.4. The van der Waals surface area contributed by atoms with Crippen LogP contribution >= 0.6 is 11.8 Å². The zero-order valence-electron chi connectivity index (χ0n) is 11.6. The molecule has 0 aromatic rings. The number of thioether (sulfide) groups is 1. The molecule has 0 aromatic heterocycles. The second-order valence-corrected chi connectivity index (χ2v) is 6.33. The topological polar surface area (TPSA) is 37.3 Å². The molecule has 8 heteroatoms. The van der Waals surface area contributed by atoms with Crippen molar-refractivity contribution in [2.75, 3.05) is 5.75 Å². The zero-order valence-corrected chi connectivity index (χ0v) is 12.4. The van der Waals surface area contributed by atoms with Gasteiger partial charge in [0.15, 0.2) is 0 Å². The van der Waals surface area contributed by atoms with Crippen molar-refractivity contribution in [3.63, 3.8) is 0 Å². The average molecular weight is 322 g/mol. The summed E-state index contributed by atoms with van der Waals surface area (Å²) in [7, 11) is 0. The minimum Gasteiger partial charge on any atom is -0.480 e. The van der Waals surface area contributed by atoms with Gasteiger partial charge < -0.3 is 5.11 Å². The Kier molecular flexibility index (Phi) is 6.77. The number of rotatable bonds is 8. The number of alkyl halides is 5. The van der Waals surface area contributed by atoms with Gasteiger partial charge in [-0.15, -0.1) is 11.8 Å². The molecular weight excluding hydrogens is 303 g/mol. The highest BCUT2D eigenvalue weighted by atomic mass is 32.2. The van der Waals surface area contributed by atoms with Gasteiger partial charge in [-0.2, -0.15) is 22.0 Å². The van der Waals surface area contributed by atoms with Crippen molar-refractivity contribution in [1.82, 2.24) is 0 Å². The van der Waals surface area contributed by atoms with E-state index in [1.54, 1.807) is 20.8 Å². The van der Waals surface area contributed by atoms with Gasteiger partial charge in [-0.25, -0.2) is 0 Å². The van der Waals surface area contributed by atoms with Gasteiger partial charge in [0, 0.05) is 12.2 Å². The highest BCUT2D eigenvalue weighted by molar-refractivity contribution is 8.01. The van der Waals surface area contributed by atoms with Crippen molar-refractivity contribution in [3.8, 4) is 0 Å². The Balaban J connectivity index is 4.85. The van der Waals surface area contributed by atoms with Gasteiger partial charge in [0.1, 0.15) is 4.75 Å². The molecule has 2 nitrogen and oxygen atoms in total. The molecule has 0 saturated carbocycles. The Labute approximate surface area is 119 Å². The fourth-order valence-electron chi connectivity index (χ4n) is 1.82. The molecule has 1 N–H and O–H groups in total. The van der Waals surface area contributed by atoms with Crippen molar-refractivity contribution in [1.29, 1.82) is 0 Å². The molecule has 0 radical (unpaired) electrons. The molecule has 0 aliphatic carbocycles. The maximum atomic E-state index is 12.8. The second kappa shape index (κ2) is 6.95. The highest BCUT2D eigenvalue weighted by Gasteiger charge is 2.57. The monoisotopic (exact) mass is 322 g/mol. The van der Waals surface area contributed by atoms with E-state index in [2.05, 4.69) is 0 Å². The van der Waals surface area contributed by atoms with Crippen LogP contribution < -0.4 is 0 Å². The van der Waals surface area contributed by atoms with Crippen molar-refractivity contribution >= 4 is 17.7 Å². The van der Waals surface area contributed by atoms with Gasteiger partial charge in [-0.05, 0) is 12.3 Å². The predicted octanol–water partition coefficient (Wildman–Crippen LogP) is 4.59. The number of hydrogen-bond acceptors (Lipinski definition) is 2. The smallest absolute Gasteiger partial charge is 0.453 e. The van der Waals surface area contributed by atoms with Crippen LogP contribution in [-0.2, 0) is 4.79 Å². The van der Waals surface area contributed by atoms with Crippen LogP contribution in [0.15, 0.2) is 0 Å². The van der Waals surface area contributed by atoms with Gasteiger partial charge in [0.25, 0.3) is 0 Å². The molecule has 0 aliphatic heterocycles. The Morgan fingerprint density at radius 1 is 1.15 bits per heavy atom. The van der Waals surface area contributed by atoms with E-state index in [9.17, 15) is 31.9 Å². The minimum absolute atomic E-state index is 0.224. The van der Waals surface area contributed by atoms with Gasteiger partial charge >= 0.3 is 18.1 Å². The van der Waals surface area contributed by atoms with Crippen LogP contribution in [-0.4, -0.2) is 33.7 Å². The molecule has 0 aromatic carbocycles. The quantitative estimate of drug-likeness (QED) is 0.664. The van der Waals surface area contributed by atoms with Crippen molar-refractivity contribution in [3.05, 3.63) is 0 Å². The molecule has 0 bridgehead atoms. The van der Waals surface area contributed by atoms with Crippen LogP contribution in [0.2, 0.25) is 0 Å². The summed E-state index contributed by atoms with van der Waals surface area (Å²) in [6.07, 6.45) is -6.27. The summed E-state index contributed by atoms with van der Waals surface area (Å²) in [6, 6.07) is 0. The number of aliphatic carboxylic acids is 1. The van der Waals surface area contributed by atoms with Gasteiger partial charge in [0.05, 0.1) is 0 Å². The molecule has 0 aliphatic rings. The molecule has 1 unspecified atom stereocenters. The lowest BCUT2D eigenvalue weighted by Crippen LogP contribution is -2.42. The summed E-state index contributed by atoms with van der Waals surface area (Å²) >= 11 is 0.673. The van der Waals surface area contributed by atoms with E-state index in [0.29, 0.717) is 18.2 Å². The molecule has 120 valence electrons. The maximum absolute atomic E-state index is 12.8. The van der Waals surface area contributed by atoms with Crippen LogP contribution in [0, 0.1) is 5.92 Å². The summed E-state index contributed by atoms with van der Waals surface area (Å²) in [6.45, 7) is 4.99. The second-order valence-electron chi connectivity index (χ2n) is 4.90. The zero-order chi connectivity index (χ0) is 16.2. The predicted molar refractivity (Wildman–Crippen MR) is 68.2 cm³/mol. The third-order valence-corrected chi connectivity index (χ3v) is 4.88. The number of carboxylic acid groups (broad SMARTS) is 1. The summed E-state index contributed by atoms with van der Waals surface area (Å²) < 4.78 is 60.4. The molecule has 0 rings (SSSR count). The molecule has 0 heterocycles. The van der Waals surface area contributed by atoms with Crippen LogP contribution in [0.1, 0.15) is 40.0 Å². The van der Waals surface area contributed by atoms with Crippen LogP contribution in [0.25, 0.3) is 0 Å². The fraction of sp³-hybridized carbons (Fsp3) is 0.917. The standard InChI is InChI=1S/C12H19F5O2S/c1-4-5-10(8(2)3,9(18)19)20-7-6-11(13,14)12(15,16)17/h8H,4-7H2,1-3H3,(H,18,19). The summed E-state index contributed by atoms with van der Waals surface area (Å²) in [5.74, 6) is -6.89. The van der Waals surface area contributed by atoms with E-state index >= 15 is 0 Å². The normalized spacial score (nSPS) is 16.2. The van der Waals surface area contributed by atoms with Crippen molar-refractivity contribution in [2.45, 2.75) is 56.9 Å². The van der Waals surface area contributed by atoms with Crippen molar-refractivity contribution < 1.29 is 31.9 Å². The molecule has 1 atom stereocenters. The van der Waals surface area contributed by atoms with Gasteiger partial charge in [0.2, 0.25) is 0 Å². The largest absolute Gasteiger partial charge is 0.480 e. The molecule has 0 spiro atoms. The first-order chi connectivity index (χ1) is 8.90. The first-order valence-electron chi connectivity index (χ1n) is 6.22. The Bertz CT molecular complexity index is 330. The Morgan fingerprint density at radius 3 is 1.95 bits per heavy atom. The Hall–Kier alpha value is -0.530. The molecule has 0 amide bonds. The minimum atomic E-state index is -5.60. The molecule has 20 heavy (non-hydrogen) atoms. The average Bonchev–Trinajstić information content (AvgIpc) is 2.25.